The highest BCUT2D eigenvalue weighted by atomic mass is 79.9. The number of aromatic nitrogens is 1. The standard InChI is InChI=1S/C12H8BrN3O/c13-8-3-1-2-7(4-8)9-5-11(15)16-12(17)10(9)6-14/h1-5H,(H3,15,16,17). The number of anilines is 1. The summed E-state index contributed by atoms with van der Waals surface area (Å²) in [5.41, 5.74) is 6.49. The van der Waals surface area contributed by atoms with Crippen molar-refractivity contribution in [2.75, 3.05) is 5.73 Å². The Morgan fingerprint density at radius 2 is 2.12 bits per heavy atom. The van der Waals surface area contributed by atoms with Crippen molar-refractivity contribution in [1.29, 1.82) is 5.26 Å². The van der Waals surface area contributed by atoms with Crippen molar-refractivity contribution in [1.82, 2.24) is 4.98 Å². The van der Waals surface area contributed by atoms with Gasteiger partial charge in [-0.1, -0.05) is 28.1 Å². The number of nitrogen functional groups attached to an aromatic ring is 1. The van der Waals surface area contributed by atoms with Crippen LogP contribution in [-0.2, 0) is 0 Å². The number of rotatable bonds is 1. The van der Waals surface area contributed by atoms with E-state index in [1.807, 2.05) is 30.3 Å². The number of hydrogen-bond acceptors (Lipinski definition) is 3. The molecule has 1 aromatic carbocycles. The van der Waals surface area contributed by atoms with E-state index in [0.717, 1.165) is 10.0 Å². The first kappa shape index (κ1) is 11.4. The molecule has 2 rings (SSSR count). The van der Waals surface area contributed by atoms with Gasteiger partial charge in [0.1, 0.15) is 17.5 Å². The minimum absolute atomic E-state index is 0.0669. The summed E-state index contributed by atoms with van der Waals surface area (Å²) in [6.07, 6.45) is 0. The average Bonchev–Trinajstić information content (AvgIpc) is 2.28. The molecule has 0 amide bonds. The Morgan fingerprint density at radius 1 is 1.35 bits per heavy atom. The van der Waals surface area contributed by atoms with Gasteiger partial charge in [-0.2, -0.15) is 5.26 Å². The summed E-state index contributed by atoms with van der Waals surface area (Å²) in [6.45, 7) is 0. The quantitative estimate of drug-likeness (QED) is 0.845. The minimum atomic E-state index is -0.470. The molecule has 1 aromatic heterocycles. The molecule has 0 aliphatic heterocycles. The van der Waals surface area contributed by atoms with Crippen molar-refractivity contribution in [2.24, 2.45) is 0 Å². The molecule has 0 aliphatic carbocycles. The van der Waals surface area contributed by atoms with Crippen LogP contribution in [0, 0.1) is 11.3 Å². The molecule has 1 heterocycles. The summed E-state index contributed by atoms with van der Waals surface area (Å²) in [4.78, 5) is 14.0. The molecule has 0 aliphatic rings. The van der Waals surface area contributed by atoms with Crippen LogP contribution in [0.3, 0.4) is 0 Å². The first-order chi connectivity index (χ1) is 8.11. The molecule has 0 saturated carbocycles. The molecule has 0 bridgehead atoms. The molecule has 84 valence electrons. The van der Waals surface area contributed by atoms with E-state index < -0.39 is 5.56 Å². The number of aromatic amines is 1. The SMILES string of the molecule is N#Cc1c(-c2cccc(Br)c2)cc(N)[nH]c1=O. The molecular weight excluding hydrogens is 282 g/mol. The zero-order chi connectivity index (χ0) is 12.4. The lowest BCUT2D eigenvalue weighted by Crippen LogP contribution is -2.13. The van der Waals surface area contributed by atoms with E-state index in [2.05, 4.69) is 20.9 Å². The Hall–Kier alpha value is -2.06. The van der Waals surface area contributed by atoms with Crippen molar-refractivity contribution >= 4 is 21.7 Å². The van der Waals surface area contributed by atoms with Gasteiger partial charge in [0.05, 0.1) is 0 Å². The second-order valence-electron chi connectivity index (χ2n) is 3.46. The third-order valence-electron chi connectivity index (χ3n) is 2.30. The van der Waals surface area contributed by atoms with Crippen LogP contribution >= 0.6 is 15.9 Å². The van der Waals surface area contributed by atoms with Crippen LogP contribution in [0.2, 0.25) is 0 Å². The number of H-pyrrole nitrogens is 1. The molecule has 0 radical (unpaired) electrons. The van der Waals surface area contributed by atoms with Crippen LogP contribution in [0.15, 0.2) is 39.6 Å². The topological polar surface area (TPSA) is 82.7 Å². The predicted molar refractivity (Wildman–Crippen MR) is 69.3 cm³/mol. The van der Waals surface area contributed by atoms with Gasteiger partial charge in [-0.25, -0.2) is 0 Å². The van der Waals surface area contributed by atoms with Crippen LogP contribution in [0.4, 0.5) is 5.82 Å². The number of benzene rings is 1. The second kappa shape index (κ2) is 4.44. The van der Waals surface area contributed by atoms with Gasteiger partial charge >= 0.3 is 0 Å². The summed E-state index contributed by atoms with van der Waals surface area (Å²) >= 11 is 3.34. The average molecular weight is 290 g/mol. The second-order valence-corrected chi connectivity index (χ2v) is 4.38. The zero-order valence-corrected chi connectivity index (χ0v) is 10.3. The van der Waals surface area contributed by atoms with Gasteiger partial charge in [-0.05, 0) is 23.8 Å². The molecule has 4 nitrogen and oxygen atoms in total. The van der Waals surface area contributed by atoms with Gasteiger partial charge < -0.3 is 10.7 Å². The van der Waals surface area contributed by atoms with E-state index in [9.17, 15) is 4.79 Å². The fraction of sp³-hybridized carbons (Fsp3) is 0. The fourth-order valence-electron chi connectivity index (χ4n) is 1.57. The highest BCUT2D eigenvalue weighted by Crippen LogP contribution is 2.25. The van der Waals surface area contributed by atoms with Crippen LogP contribution < -0.4 is 11.3 Å². The maximum absolute atomic E-state index is 11.6. The Balaban J connectivity index is 2.76. The number of nitrogens with one attached hydrogen (secondary N) is 1. The third-order valence-corrected chi connectivity index (χ3v) is 2.79. The lowest BCUT2D eigenvalue weighted by Gasteiger charge is -2.05. The molecule has 0 unspecified atom stereocenters. The third kappa shape index (κ3) is 2.22. The van der Waals surface area contributed by atoms with Crippen molar-refractivity contribution < 1.29 is 0 Å². The normalized spacial score (nSPS) is 9.88. The molecule has 17 heavy (non-hydrogen) atoms. The van der Waals surface area contributed by atoms with E-state index in [1.54, 1.807) is 6.07 Å². The smallest absolute Gasteiger partial charge is 0.268 e. The van der Waals surface area contributed by atoms with E-state index in [4.69, 9.17) is 11.0 Å². The van der Waals surface area contributed by atoms with E-state index in [-0.39, 0.29) is 11.4 Å². The van der Waals surface area contributed by atoms with Crippen LogP contribution in [0.25, 0.3) is 11.1 Å². The fourth-order valence-corrected chi connectivity index (χ4v) is 1.97. The summed E-state index contributed by atoms with van der Waals surface area (Å²) in [6, 6.07) is 10.8. The van der Waals surface area contributed by atoms with Crippen molar-refractivity contribution in [2.45, 2.75) is 0 Å². The first-order valence-electron chi connectivity index (χ1n) is 4.80. The molecule has 0 saturated heterocycles. The molecule has 0 spiro atoms. The lowest BCUT2D eigenvalue weighted by molar-refractivity contribution is 1.22. The van der Waals surface area contributed by atoms with Gasteiger partial charge in [0, 0.05) is 10.0 Å². The van der Waals surface area contributed by atoms with Crippen molar-refractivity contribution in [3.8, 4) is 17.2 Å². The Kier molecular flexibility index (Phi) is 2.98. The van der Waals surface area contributed by atoms with Crippen LogP contribution in [0.5, 0.6) is 0 Å². The first-order valence-corrected chi connectivity index (χ1v) is 5.60. The number of nitrogens with zero attached hydrogens (tertiary/aromatic N) is 1. The zero-order valence-electron chi connectivity index (χ0n) is 8.70. The number of hydrogen-bond donors (Lipinski definition) is 2. The van der Waals surface area contributed by atoms with Crippen molar-refractivity contribution in [3.63, 3.8) is 0 Å². The van der Waals surface area contributed by atoms with Gasteiger partial charge in [-0.3, -0.25) is 4.79 Å². The number of halogens is 1. The van der Waals surface area contributed by atoms with Gasteiger partial charge in [-0.15, -0.1) is 0 Å². The minimum Gasteiger partial charge on any atom is -0.385 e. The number of nitriles is 1. The Morgan fingerprint density at radius 3 is 2.76 bits per heavy atom. The monoisotopic (exact) mass is 289 g/mol. The summed E-state index contributed by atoms with van der Waals surface area (Å²) in [5.74, 6) is 0.240. The molecule has 5 heteroatoms. The molecular formula is C12H8BrN3O. The molecule has 0 fully saturated rings. The lowest BCUT2D eigenvalue weighted by atomic mass is 10.0. The summed E-state index contributed by atoms with van der Waals surface area (Å²) < 4.78 is 0.873. The molecule has 3 N–H and O–H groups in total. The summed E-state index contributed by atoms with van der Waals surface area (Å²) in [7, 11) is 0. The van der Waals surface area contributed by atoms with E-state index in [1.165, 1.54) is 0 Å². The maximum atomic E-state index is 11.6. The van der Waals surface area contributed by atoms with Crippen LogP contribution in [0.1, 0.15) is 5.56 Å². The summed E-state index contributed by atoms with van der Waals surface area (Å²) in [5, 5.41) is 9.00. The highest BCUT2D eigenvalue weighted by Gasteiger charge is 2.10. The molecule has 2 aromatic rings. The maximum Gasteiger partial charge on any atom is 0.268 e. The van der Waals surface area contributed by atoms with Crippen LogP contribution in [-0.4, -0.2) is 4.98 Å². The number of pyridine rings is 1. The molecule has 0 atom stereocenters. The van der Waals surface area contributed by atoms with Gasteiger partial charge in [0.25, 0.3) is 5.56 Å². The predicted octanol–water partition coefficient (Wildman–Crippen LogP) is 2.26. The Labute approximate surface area is 106 Å². The number of nitrogens with two attached hydrogens (primary N) is 1. The van der Waals surface area contributed by atoms with Gasteiger partial charge in [0.2, 0.25) is 0 Å². The Bertz CT molecular complexity index is 670. The van der Waals surface area contributed by atoms with Crippen molar-refractivity contribution in [3.05, 3.63) is 50.7 Å². The van der Waals surface area contributed by atoms with E-state index >= 15 is 0 Å². The van der Waals surface area contributed by atoms with Gasteiger partial charge in [0.15, 0.2) is 0 Å². The van der Waals surface area contributed by atoms with E-state index in [0.29, 0.717) is 5.56 Å². The highest BCUT2D eigenvalue weighted by molar-refractivity contribution is 9.10. The largest absolute Gasteiger partial charge is 0.385 e.